The number of rotatable bonds is 7. The van der Waals surface area contributed by atoms with Crippen LogP contribution in [0.25, 0.3) is 5.69 Å². The summed E-state index contributed by atoms with van der Waals surface area (Å²) in [5.74, 6) is 0.733. The smallest absolute Gasteiger partial charge is 0.234 e. The largest absolute Gasteiger partial charge is 0.495 e. The van der Waals surface area contributed by atoms with Gasteiger partial charge in [-0.05, 0) is 29.8 Å². The summed E-state index contributed by atoms with van der Waals surface area (Å²) in [5.41, 5.74) is 2.41. The second-order valence-corrected chi connectivity index (χ2v) is 6.47. The number of para-hydroxylation sites is 2. The van der Waals surface area contributed by atoms with Crippen LogP contribution in [0.4, 0.5) is 5.69 Å². The molecule has 1 amide bonds. The number of thioether (sulfide) groups is 1. The first kappa shape index (κ1) is 18.5. The molecule has 136 valence electrons. The second-order valence-electron chi connectivity index (χ2n) is 5.52. The zero-order valence-electron chi connectivity index (χ0n) is 14.6. The third-order valence-corrected chi connectivity index (χ3v) is 4.66. The molecule has 0 atom stereocenters. The van der Waals surface area contributed by atoms with Gasteiger partial charge in [-0.15, -0.1) is 10.2 Å². The molecule has 0 unspecified atom stereocenters. The summed E-state index contributed by atoms with van der Waals surface area (Å²) < 4.78 is 7.16. The summed E-state index contributed by atoms with van der Waals surface area (Å²) >= 11 is 1.29. The molecule has 0 saturated heterocycles. The number of carbonyl (C=O) groups is 1. The number of amides is 1. The second kappa shape index (κ2) is 8.87. The fourth-order valence-corrected chi connectivity index (χ4v) is 3.16. The number of nitrogens with zero attached hydrogens (tertiary/aromatic N) is 4. The van der Waals surface area contributed by atoms with Gasteiger partial charge in [0.1, 0.15) is 12.1 Å². The first-order valence-electron chi connectivity index (χ1n) is 8.13. The van der Waals surface area contributed by atoms with E-state index < -0.39 is 0 Å². The Morgan fingerprint density at radius 3 is 2.78 bits per heavy atom. The quantitative estimate of drug-likeness (QED) is 0.634. The highest BCUT2D eigenvalue weighted by atomic mass is 32.2. The predicted molar refractivity (Wildman–Crippen MR) is 103 cm³/mol. The van der Waals surface area contributed by atoms with E-state index in [9.17, 15) is 4.79 Å². The minimum atomic E-state index is -0.150. The van der Waals surface area contributed by atoms with E-state index >= 15 is 0 Å². The van der Waals surface area contributed by atoms with E-state index in [0.717, 1.165) is 11.3 Å². The molecule has 8 heteroatoms. The van der Waals surface area contributed by atoms with E-state index in [2.05, 4.69) is 21.6 Å². The molecule has 0 spiro atoms. The third kappa shape index (κ3) is 4.65. The van der Waals surface area contributed by atoms with Gasteiger partial charge in [-0.25, -0.2) is 0 Å². The van der Waals surface area contributed by atoms with Crippen LogP contribution in [0.3, 0.4) is 0 Å². The van der Waals surface area contributed by atoms with E-state index in [4.69, 9.17) is 10.00 Å². The van der Waals surface area contributed by atoms with Crippen molar-refractivity contribution in [2.45, 2.75) is 11.6 Å². The maximum Gasteiger partial charge on any atom is 0.234 e. The highest BCUT2D eigenvalue weighted by molar-refractivity contribution is 7.99. The van der Waals surface area contributed by atoms with Crippen molar-refractivity contribution >= 4 is 23.4 Å². The van der Waals surface area contributed by atoms with E-state index in [1.165, 1.54) is 11.8 Å². The van der Waals surface area contributed by atoms with Gasteiger partial charge >= 0.3 is 0 Å². The third-order valence-electron chi connectivity index (χ3n) is 3.71. The van der Waals surface area contributed by atoms with Crippen molar-refractivity contribution in [3.63, 3.8) is 0 Å². The molecule has 3 rings (SSSR count). The number of aromatic nitrogens is 3. The van der Waals surface area contributed by atoms with Crippen molar-refractivity contribution in [3.8, 4) is 17.5 Å². The zero-order chi connectivity index (χ0) is 19.1. The Labute approximate surface area is 161 Å². The lowest BCUT2D eigenvalue weighted by Crippen LogP contribution is -2.14. The molecule has 7 nitrogen and oxygen atoms in total. The van der Waals surface area contributed by atoms with Gasteiger partial charge in [0.05, 0.1) is 31.0 Å². The number of benzene rings is 2. The standard InChI is InChI=1S/C19H17N5O2S/c1-26-17-5-3-2-4-16(17)24-13-21-23-19(24)27-12-18(25)22-15-8-6-14(7-9-15)10-11-20/h2-9,13H,10,12H2,1H3,(H,22,25). The number of methoxy groups -OCH3 is 1. The molecule has 0 fully saturated rings. The summed E-state index contributed by atoms with van der Waals surface area (Å²) in [6.45, 7) is 0. The molecule has 0 saturated carbocycles. The number of nitrogens with one attached hydrogen (secondary N) is 1. The van der Waals surface area contributed by atoms with Crippen molar-refractivity contribution < 1.29 is 9.53 Å². The number of nitriles is 1. The predicted octanol–water partition coefficient (Wildman–Crippen LogP) is 3.07. The van der Waals surface area contributed by atoms with Crippen LogP contribution in [-0.4, -0.2) is 33.5 Å². The van der Waals surface area contributed by atoms with Crippen molar-refractivity contribution in [2.75, 3.05) is 18.2 Å². The Morgan fingerprint density at radius 1 is 1.26 bits per heavy atom. The van der Waals surface area contributed by atoms with Gasteiger partial charge < -0.3 is 10.1 Å². The fourth-order valence-electron chi connectivity index (χ4n) is 2.44. The highest BCUT2D eigenvalue weighted by Gasteiger charge is 2.13. The summed E-state index contributed by atoms with van der Waals surface area (Å²) in [5, 5.41) is 20.1. The van der Waals surface area contributed by atoms with Gasteiger partial charge in [0.2, 0.25) is 5.91 Å². The molecule has 0 aliphatic rings. The van der Waals surface area contributed by atoms with Gasteiger partial charge in [0.15, 0.2) is 5.16 Å². The summed E-state index contributed by atoms with van der Waals surface area (Å²) in [6, 6.07) is 16.8. The molecular formula is C19H17N5O2S. The van der Waals surface area contributed by atoms with Crippen molar-refractivity contribution in [1.29, 1.82) is 5.26 Å². The highest BCUT2D eigenvalue weighted by Crippen LogP contribution is 2.26. The first-order valence-corrected chi connectivity index (χ1v) is 9.12. The van der Waals surface area contributed by atoms with E-state index in [1.807, 2.05) is 36.4 Å². The van der Waals surface area contributed by atoms with Crippen molar-refractivity contribution in [3.05, 3.63) is 60.4 Å². The molecule has 1 aromatic heterocycles. The first-order chi connectivity index (χ1) is 13.2. The minimum Gasteiger partial charge on any atom is -0.495 e. The molecule has 0 radical (unpaired) electrons. The van der Waals surface area contributed by atoms with Crippen LogP contribution < -0.4 is 10.1 Å². The fraction of sp³-hybridized carbons (Fsp3) is 0.158. The van der Waals surface area contributed by atoms with Crippen LogP contribution in [0.2, 0.25) is 0 Å². The lowest BCUT2D eigenvalue weighted by atomic mass is 10.1. The van der Waals surface area contributed by atoms with Gasteiger partial charge in [0.25, 0.3) is 0 Å². The van der Waals surface area contributed by atoms with E-state index in [-0.39, 0.29) is 11.7 Å². The minimum absolute atomic E-state index is 0.150. The number of hydrogen-bond donors (Lipinski definition) is 1. The molecule has 1 heterocycles. The maximum absolute atomic E-state index is 12.2. The Balaban J connectivity index is 1.63. The van der Waals surface area contributed by atoms with Crippen molar-refractivity contribution in [2.24, 2.45) is 0 Å². The van der Waals surface area contributed by atoms with Gasteiger partial charge in [-0.2, -0.15) is 5.26 Å². The average Bonchev–Trinajstić information content (AvgIpc) is 3.16. The topological polar surface area (TPSA) is 92.8 Å². The number of carbonyl (C=O) groups excluding carboxylic acids is 1. The molecule has 2 aromatic carbocycles. The lowest BCUT2D eigenvalue weighted by Gasteiger charge is -2.10. The summed E-state index contributed by atoms with van der Waals surface area (Å²) in [4.78, 5) is 12.2. The molecule has 0 aliphatic carbocycles. The van der Waals surface area contributed by atoms with Crippen LogP contribution in [0.15, 0.2) is 60.0 Å². The van der Waals surface area contributed by atoms with Gasteiger partial charge in [0, 0.05) is 5.69 Å². The monoisotopic (exact) mass is 379 g/mol. The number of anilines is 1. The average molecular weight is 379 g/mol. The molecule has 3 aromatic rings. The molecule has 1 N–H and O–H groups in total. The van der Waals surface area contributed by atoms with Crippen LogP contribution in [0.1, 0.15) is 5.56 Å². The van der Waals surface area contributed by atoms with Crippen LogP contribution in [0, 0.1) is 11.3 Å². The molecule has 0 bridgehead atoms. The zero-order valence-corrected chi connectivity index (χ0v) is 15.4. The number of hydrogen-bond acceptors (Lipinski definition) is 6. The number of ether oxygens (including phenoxy) is 1. The van der Waals surface area contributed by atoms with Gasteiger partial charge in [-0.1, -0.05) is 36.0 Å². The SMILES string of the molecule is COc1ccccc1-n1cnnc1SCC(=O)Nc1ccc(CC#N)cc1. The van der Waals surface area contributed by atoms with Crippen molar-refractivity contribution in [1.82, 2.24) is 14.8 Å². The van der Waals surface area contributed by atoms with Gasteiger partial charge in [-0.3, -0.25) is 9.36 Å². The Hall–Kier alpha value is -3.31. The Kier molecular flexibility index (Phi) is 6.07. The molecule has 0 aliphatic heterocycles. The summed E-state index contributed by atoms with van der Waals surface area (Å²) in [7, 11) is 1.60. The summed E-state index contributed by atoms with van der Waals surface area (Å²) in [6.07, 6.45) is 1.94. The maximum atomic E-state index is 12.2. The van der Waals surface area contributed by atoms with Crippen LogP contribution >= 0.6 is 11.8 Å². The van der Waals surface area contributed by atoms with E-state index in [0.29, 0.717) is 23.0 Å². The molecular weight excluding hydrogens is 362 g/mol. The van der Waals surface area contributed by atoms with Crippen LogP contribution in [-0.2, 0) is 11.2 Å². The Bertz CT molecular complexity index is 963. The van der Waals surface area contributed by atoms with Crippen LogP contribution in [0.5, 0.6) is 5.75 Å². The normalized spacial score (nSPS) is 10.2. The Morgan fingerprint density at radius 2 is 2.04 bits per heavy atom. The lowest BCUT2D eigenvalue weighted by molar-refractivity contribution is -0.113. The molecule has 27 heavy (non-hydrogen) atoms. The van der Waals surface area contributed by atoms with E-state index in [1.54, 1.807) is 30.1 Å².